The first-order chi connectivity index (χ1) is 12.7. The number of anilines is 2. The second-order valence-electron chi connectivity index (χ2n) is 5.48. The summed E-state index contributed by atoms with van der Waals surface area (Å²) in [4.78, 5) is 8.47. The molecule has 0 radical (unpaired) electrons. The molecule has 4 rings (SSSR count). The Morgan fingerprint density at radius 2 is 2.08 bits per heavy atom. The molecule has 0 unspecified atom stereocenters. The lowest BCUT2D eigenvalue weighted by molar-refractivity contribution is 0.274. The van der Waals surface area contributed by atoms with Crippen molar-refractivity contribution in [2.75, 3.05) is 5.32 Å². The van der Waals surface area contributed by atoms with Crippen molar-refractivity contribution in [3.63, 3.8) is 0 Å². The van der Waals surface area contributed by atoms with Crippen LogP contribution in [-0.4, -0.2) is 25.3 Å². The number of benzene rings is 2. The highest BCUT2D eigenvalue weighted by Gasteiger charge is 2.12. The van der Waals surface area contributed by atoms with E-state index in [4.69, 9.17) is 4.74 Å². The standard InChI is InChI=1S/C18H14FN5O2/c19-14-3-1-2-11(9-25)17(14)26-12-4-5-15-13(8-12)18(21-10-20-15)23-16-6-7-22-24-16/h1-8,10,25H,9H2,(H2,20,21,22,23,24). The highest BCUT2D eigenvalue weighted by atomic mass is 19.1. The van der Waals surface area contributed by atoms with Crippen LogP contribution in [0.3, 0.4) is 0 Å². The monoisotopic (exact) mass is 351 g/mol. The summed E-state index contributed by atoms with van der Waals surface area (Å²) < 4.78 is 19.8. The number of hydrogen-bond donors (Lipinski definition) is 3. The van der Waals surface area contributed by atoms with Gasteiger partial charge in [-0.25, -0.2) is 14.4 Å². The van der Waals surface area contributed by atoms with Crippen LogP contribution in [-0.2, 0) is 6.61 Å². The van der Waals surface area contributed by atoms with Crippen molar-refractivity contribution < 1.29 is 14.2 Å². The van der Waals surface area contributed by atoms with Gasteiger partial charge in [0.1, 0.15) is 23.7 Å². The van der Waals surface area contributed by atoms with Gasteiger partial charge in [-0.05, 0) is 24.3 Å². The summed E-state index contributed by atoms with van der Waals surface area (Å²) in [5.41, 5.74) is 1.07. The molecular formula is C18H14FN5O2. The molecule has 2 heterocycles. The molecule has 130 valence electrons. The second-order valence-corrected chi connectivity index (χ2v) is 5.48. The molecule has 0 fully saturated rings. The molecule has 0 aliphatic heterocycles. The lowest BCUT2D eigenvalue weighted by Crippen LogP contribution is -1.98. The van der Waals surface area contributed by atoms with Crippen LogP contribution in [0.4, 0.5) is 16.0 Å². The van der Waals surface area contributed by atoms with Crippen LogP contribution in [0.15, 0.2) is 55.0 Å². The third-order valence-corrected chi connectivity index (χ3v) is 3.80. The number of fused-ring (bicyclic) bond motifs is 1. The highest BCUT2D eigenvalue weighted by Crippen LogP contribution is 2.32. The fourth-order valence-corrected chi connectivity index (χ4v) is 2.56. The van der Waals surface area contributed by atoms with Crippen molar-refractivity contribution >= 4 is 22.5 Å². The van der Waals surface area contributed by atoms with E-state index in [1.54, 1.807) is 36.5 Å². The molecule has 0 saturated carbocycles. The number of hydrogen-bond acceptors (Lipinski definition) is 6. The van der Waals surface area contributed by atoms with Gasteiger partial charge in [-0.2, -0.15) is 5.10 Å². The fourth-order valence-electron chi connectivity index (χ4n) is 2.56. The number of aromatic nitrogens is 4. The minimum absolute atomic E-state index is 0.00530. The molecule has 0 bridgehead atoms. The first-order valence-corrected chi connectivity index (χ1v) is 7.82. The first kappa shape index (κ1) is 16.0. The maximum Gasteiger partial charge on any atom is 0.168 e. The fraction of sp³-hybridized carbons (Fsp3) is 0.0556. The topological polar surface area (TPSA) is 95.9 Å². The van der Waals surface area contributed by atoms with E-state index < -0.39 is 5.82 Å². The molecule has 8 heteroatoms. The van der Waals surface area contributed by atoms with Crippen molar-refractivity contribution in [1.82, 2.24) is 20.2 Å². The van der Waals surface area contributed by atoms with Gasteiger partial charge in [0.2, 0.25) is 0 Å². The van der Waals surface area contributed by atoms with Gasteiger partial charge in [0, 0.05) is 17.0 Å². The number of nitrogens with zero attached hydrogens (tertiary/aromatic N) is 3. The molecular weight excluding hydrogens is 337 g/mol. The van der Waals surface area contributed by atoms with Gasteiger partial charge >= 0.3 is 0 Å². The molecule has 0 aliphatic rings. The van der Waals surface area contributed by atoms with Crippen LogP contribution in [0, 0.1) is 5.82 Å². The number of H-pyrrole nitrogens is 1. The van der Waals surface area contributed by atoms with E-state index in [0.29, 0.717) is 33.9 Å². The SMILES string of the molecule is OCc1cccc(F)c1Oc1ccc2ncnc(Nc3ccn[nH]3)c2c1. The van der Waals surface area contributed by atoms with E-state index in [1.807, 2.05) is 0 Å². The number of aliphatic hydroxyl groups excluding tert-OH is 1. The van der Waals surface area contributed by atoms with Crippen LogP contribution in [0.25, 0.3) is 10.9 Å². The van der Waals surface area contributed by atoms with Crippen LogP contribution < -0.4 is 10.1 Å². The summed E-state index contributed by atoms with van der Waals surface area (Å²) in [7, 11) is 0. The molecule has 3 N–H and O–H groups in total. The van der Waals surface area contributed by atoms with Gasteiger partial charge in [0.15, 0.2) is 11.6 Å². The molecule has 0 saturated heterocycles. The van der Waals surface area contributed by atoms with Crippen molar-refractivity contribution in [1.29, 1.82) is 0 Å². The zero-order chi connectivity index (χ0) is 17.9. The number of ether oxygens (including phenoxy) is 1. The Labute approximate surface area is 147 Å². The summed E-state index contributed by atoms with van der Waals surface area (Å²) in [6.07, 6.45) is 3.07. The van der Waals surface area contributed by atoms with Gasteiger partial charge in [-0.3, -0.25) is 5.10 Å². The number of aromatic amines is 1. The van der Waals surface area contributed by atoms with Crippen LogP contribution >= 0.6 is 0 Å². The van der Waals surface area contributed by atoms with Crippen molar-refractivity contribution in [2.45, 2.75) is 6.61 Å². The summed E-state index contributed by atoms with van der Waals surface area (Å²) in [6, 6.07) is 11.3. The zero-order valence-electron chi connectivity index (χ0n) is 13.5. The molecule has 0 amide bonds. The van der Waals surface area contributed by atoms with E-state index >= 15 is 0 Å². The Kier molecular flexibility index (Phi) is 4.16. The van der Waals surface area contributed by atoms with Gasteiger partial charge < -0.3 is 15.2 Å². The maximum atomic E-state index is 14.1. The van der Waals surface area contributed by atoms with Crippen LogP contribution in [0.1, 0.15) is 5.56 Å². The highest BCUT2D eigenvalue weighted by molar-refractivity contribution is 5.91. The van der Waals surface area contributed by atoms with E-state index in [-0.39, 0.29) is 12.4 Å². The Balaban J connectivity index is 1.73. The first-order valence-electron chi connectivity index (χ1n) is 7.82. The van der Waals surface area contributed by atoms with Crippen molar-refractivity contribution in [3.8, 4) is 11.5 Å². The van der Waals surface area contributed by atoms with E-state index in [1.165, 1.54) is 18.5 Å². The molecule has 4 aromatic rings. The van der Waals surface area contributed by atoms with Gasteiger partial charge in [-0.1, -0.05) is 12.1 Å². The smallest absolute Gasteiger partial charge is 0.168 e. The second kappa shape index (κ2) is 6.77. The number of nitrogens with one attached hydrogen (secondary N) is 2. The normalized spacial score (nSPS) is 10.8. The number of rotatable bonds is 5. The van der Waals surface area contributed by atoms with Gasteiger partial charge in [0.05, 0.1) is 18.3 Å². The lowest BCUT2D eigenvalue weighted by Gasteiger charge is -2.12. The molecule has 0 atom stereocenters. The number of para-hydroxylation sites is 1. The van der Waals surface area contributed by atoms with E-state index in [0.717, 1.165) is 0 Å². The lowest BCUT2D eigenvalue weighted by atomic mass is 10.2. The molecule has 26 heavy (non-hydrogen) atoms. The third kappa shape index (κ3) is 3.05. The van der Waals surface area contributed by atoms with Gasteiger partial charge in [-0.15, -0.1) is 0 Å². The van der Waals surface area contributed by atoms with Crippen molar-refractivity contribution in [3.05, 3.63) is 66.4 Å². The quantitative estimate of drug-likeness (QED) is 0.509. The maximum absolute atomic E-state index is 14.1. The molecule has 2 aromatic carbocycles. The predicted molar refractivity (Wildman–Crippen MR) is 93.8 cm³/mol. The number of halogens is 1. The third-order valence-electron chi connectivity index (χ3n) is 3.80. The minimum atomic E-state index is -0.545. The summed E-state index contributed by atoms with van der Waals surface area (Å²) in [5.74, 6) is 1.08. The van der Waals surface area contributed by atoms with E-state index in [2.05, 4.69) is 25.5 Å². The summed E-state index contributed by atoms with van der Waals surface area (Å²) >= 11 is 0. The van der Waals surface area contributed by atoms with Crippen LogP contribution in [0.5, 0.6) is 11.5 Å². The van der Waals surface area contributed by atoms with E-state index in [9.17, 15) is 9.50 Å². The average Bonchev–Trinajstić information content (AvgIpc) is 3.17. The molecule has 0 aliphatic carbocycles. The largest absolute Gasteiger partial charge is 0.454 e. The molecule has 0 spiro atoms. The summed E-state index contributed by atoms with van der Waals surface area (Å²) in [6.45, 7) is -0.323. The Morgan fingerprint density at radius 1 is 1.15 bits per heavy atom. The van der Waals surface area contributed by atoms with Crippen LogP contribution in [0.2, 0.25) is 0 Å². The molecule has 2 aromatic heterocycles. The average molecular weight is 351 g/mol. The zero-order valence-corrected chi connectivity index (χ0v) is 13.5. The number of aliphatic hydroxyl groups is 1. The Morgan fingerprint density at radius 3 is 2.88 bits per heavy atom. The van der Waals surface area contributed by atoms with Crippen molar-refractivity contribution in [2.24, 2.45) is 0 Å². The van der Waals surface area contributed by atoms with Gasteiger partial charge in [0.25, 0.3) is 0 Å². The Bertz CT molecular complexity index is 1050. The molecule has 7 nitrogen and oxygen atoms in total. The summed E-state index contributed by atoms with van der Waals surface area (Å²) in [5, 5.41) is 19.9. The Hall–Kier alpha value is -3.52. The minimum Gasteiger partial charge on any atom is -0.454 e. The predicted octanol–water partition coefficient (Wildman–Crippen LogP) is 3.52.